The highest BCUT2D eigenvalue weighted by atomic mass is 14.9. The second-order valence-corrected chi connectivity index (χ2v) is 3.54. The summed E-state index contributed by atoms with van der Waals surface area (Å²) in [7, 11) is 0. The molecule has 0 amide bonds. The Morgan fingerprint density at radius 1 is 1.31 bits per heavy atom. The van der Waals surface area contributed by atoms with Crippen LogP contribution < -0.4 is 5.32 Å². The van der Waals surface area contributed by atoms with E-state index in [0.29, 0.717) is 0 Å². The number of H-pyrrole nitrogens is 1. The van der Waals surface area contributed by atoms with E-state index in [9.17, 15) is 0 Å². The van der Waals surface area contributed by atoms with Crippen molar-refractivity contribution in [2.75, 3.05) is 6.54 Å². The van der Waals surface area contributed by atoms with E-state index in [1.54, 1.807) is 0 Å². The van der Waals surface area contributed by atoms with Crippen molar-refractivity contribution in [3.05, 3.63) is 35.2 Å². The minimum Gasteiger partial charge on any atom is -0.357 e. The van der Waals surface area contributed by atoms with Crippen molar-refractivity contribution in [3.63, 3.8) is 0 Å². The molecular weight excluding hydrogens is 196 g/mol. The van der Waals surface area contributed by atoms with Crippen molar-refractivity contribution in [2.24, 2.45) is 0 Å². The van der Waals surface area contributed by atoms with Gasteiger partial charge in [-0.2, -0.15) is 0 Å². The minimum atomic E-state index is 0.952. The molecule has 1 aromatic rings. The van der Waals surface area contributed by atoms with Crippen molar-refractivity contribution in [3.8, 4) is 0 Å². The molecule has 88 valence electrons. The molecule has 0 fully saturated rings. The molecule has 0 spiro atoms. The van der Waals surface area contributed by atoms with Crippen molar-refractivity contribution in [2.45, 2.75) is 33.7 Å². The Kier molecular flexibility index (Phi) is 5.06. The molecule has 0 aliphatic carbocycles. The second kappa shape index (κ2) is 6.33. The molecule has 0 atom stereocenters. The number of aromatic amines is 1. The molecule has 2 heteroatoms. The van der Waals surface area contributed by atoms with Gasteiger partial charge in [0.25, 0.3) is 0 Å². The predicted molar refractivity (Wildman–Crippen MR) is 72.4 cm³/mol. The summed E-state index contributed by atoms with van der Waals surface area (Å²) in [6.45, 7) is 11.9. The zero-order chi connectivity index (χ0) is 12.0. The van der Waals surface area contributed by atoms with E-state index < -0.39 is 0 Å². The van der Waals surface area contributed by atoms with Crippen LogP contribution in [0.25, 0.3) is 12.2 Å². The van der Waals surface area contributed by atoms with E-state index in [4.69, 9.17) is 0 Å². The fourth-order valence-corrected chi connectivity index (χ4v) is 2.02. The molecule has 0 unspecified atom stereocenters. The lowest BCUT2D eigenvalue weighted by Gasteiger charge is -2.12. The number of allylic oxidation sites excluding steroid dienone is 1. The van der Waals surface area contributed by atoms with Crippen LogP contribution in [0.4, 0.5) is 0 Å². The average Bonchev–Trinajstić information content (AvgIpc) is 2.69. The third-order valence-corrected chi connectivity index (χ3v) is 2.66. The maximum atomic E-state index is 3.88. The van der Waals surface area contributed by atoms with E-state index in [2.05, 4.69) is 29.0 Å². The molecule has 2 heterocycles. The predicted octanol–water partition coefficient (Wildman–Crippen LogP) is 3.36. The van der Waals surface area contributed by atoms with Gasteiger partial charge < -0.3 is 10.3 Å². The fraction of sp³-hybridized carbons (Fsp3) is 0.429. The molecule has 0 aromatic carbocycles. The highest BCUT2D eigenvalue weighted by Crippen LogP contribution is 2.24. The average molecular weight is 218 g/mol. The Morgan fingerprint density at radius 3 is 2.69 bits per heavy atom. The monoisotopic (exact) mass is 218 g/mol. The minimum absolute atomic E-state index is 0.952. The van der Waals surface area contributed by atoms with Crippen LogP contribution in [-0.2, 0) is 13.0 Å². The molecule has 2 rings (SSSR count). The van der Waals surface area contributed by atoms with Crippen LogP contribution in [0.5, 0.6) is 0 Å². The molecule has 1 aliphatic rings. The normalized spacial score (nSPS) is 14.2. The summed E-state index contributed by atoms with van der Waals surface area (Å²) in [6, 6.07) is 0. The van der Waals surface area contributed by atoms with Crippen molar-refractivity contribution in [1.29, 1.82) is 0 Å². The van der Waals surface area contributed by atoms with Crippen LogP contribution in [0.3, 0.4) is 0 Å². The third kappa shape index (κ3) is 2.45. The first kappa shape index (κ1) is 12.8. The number of nitrogens with one attached hydrogen (secondary N) is 2. The number of rotatable bonds is 2. The van der Waals surface area contributed by atoms with E-state index >= 15 is 0 Å². The van der Waals surface area contributed by atoms with Crippen LogP contribution in [0.1, 0.15) is 43.3 Å². The van der Waals surface area contributed by atoms with Crippen LogP contribution >= 0.6 is 0 Å². The van der Waals surface area contributed by atoms with Gasteiger partial charge in [0.15, 0.2) is 0 Å². The van der Waals surface area contributed by atoms with E-state index in [-0.39, 0.29) is 0 Å². The quantitative estimate of drug-likeness (QED) is 0.782. The highest BCUT2D eigenvalue weighted by Gasteiger charge is 2.16. The summed E-state index contributed by atoms with van der Waals surface area (Å²) in [4.78, 5) is 3.43. The summed E-state index contributed by atoms with van der Waals surface area (Å²) >= 11 is 0. The van der Waals surface area contributed by atoms with Gasteiger partial charge in [-0.05, 0) is 31.5 Å². The van der Waals surface area contributed by atoms with Gasteiger partial charge in [-0.3, -0.25) is 0 Å². The number of hydrogen-bond acceptors (Lipinski definition) is 1. The van der Waals surface area contributed by atoms with Crippen LogP contribution in [-0.4, -0.2) is 11.5 Å². The molecule has 2 N–H and O–H groups in total. The Balaban J connectivity index is 0.000000606. The lowest BCUT2D eigenvalue weighted by atomic mass is 10.0. The van der Waals surface area contributed by atoms with Gasteiger partial charge >= 0.3 is 0 Å². The third-order valence-electron chi connectivity index (χ3n) is 2.66. The molecule has 0 saturated heterocycles. The Morgan fingerprint density at radius 2 is 2.06 bits per heavy atom. The van der Waals surface area contributed by atoms with Gasteiger partial charge in [0, 0.05) is 23.5 Å². The van der Waals surface area contributed by atoms with Gasteiger partial charge in [0.05, 0.1) is 0 Å². The summed E-state index contributed by atoms with van der Waals surface area (Å²) in [5.41, 5.74) is 5.22. The summed E-state index contributed by atoms with van der Waals surface area (Å²) in [6.07, 6.45) is 7.22. The van der Waals surface area contributed by atoms with E-state index in [0.717, 1.165) is 19.5 Å². The van der Waals surface area contributed by atoms with Gasteiger partial charge in [0.1, 0.15) is 0 Å². The molecule has 0 radical (unpaired) electrons. The molecule has 2 nitrogen and oxygen atoms in total. The maximum Gasteiger partial charge on any atom is 0.0455 e. The van der Waals surface area contributed by atoms with Gasteiger partial charge in [-0.15, -0.1) is 0 Å². The van der Waals surface area contributed by atoms with Gasteiger partial charge in [-0.25, -0.2) is 0 Å². The molecular formula is C14H22N2. The first-order chi connectivity index (χ1) is 7.86. The fourth-order valence-electron chi connectivity index (χ4n) is 2.02. The highest BCUT2D eigenvalue weighted by molar-refractivity contribution is 5.66. The molecule has 1 aromatic heterocycles. The summed E-state index contributed by atoms with van der Waals surface area (Å²) < 4.78 is 0. The lowest BCUT2D eigenvalue weighted by molar-refractivity contribution is 0.634. The van der Waals surface area contributed by atoms with Crippen molar-refractivity contribution in [1.82, 2.24) is 10.3 Å². The first-order valence-corrected chi connectivity index (χ1v) is 6.06. The van der Waals surface area contributed by atoms with Crippen LogP contribution in [0.15, 0.2) is 12.7 Å². The molecule has 16 heavy (non-hydrogen) atoms. The van der Waals surface area contributed by atoms with Gasteiger partial charge in [0.2, 0.25) is 0 Å². The zero-order valence-electron chi connectivity index (χ0n) is 10.6. The zero-order valence-corrected chi connectivity index (χ0v) is 10.6. The number of aromatic nitrogens is 1. The van der Waals surface area contributed by atoms with Gasteiger partial charge in [-0.1, -0.05) is 32.6 Å². The van der Waals surface area contributed by atoms with E-state index in [1.807, 2.05) is 26.8 Å². The Bertz CT molecular complexity index is 372. The summed E-state index contributed by atoms with van der Waals surface area (Å²) in [5, 5.41) is 3.36. The molecule has 0 bridgehead atoms. The van der Waals surface area contributed by atoms with Crippen molar-refractivity contribution < 1.29 is 0 Å². The SMILES string of the molecule is C=Cc1c(/C=C\C)[nH]c2c1CCNC2.CC. The van der Waals surface area contributed by atoms with Crippen molar-refractivity contribution >= 4 is 12.2 Å². The first-order valence-electron chi connectivity index (χ1n) is 6.06. The number of hydrogen-bond donors (Lipinski definition) is 2. The largest absolute Gasteiger partial charge is 0.357 e. The van der Waals surface area contributed by atoms with Crippen LogP contribution in [0, 0.1) is 0 Å². The van der Waals surface area contributed by atoms with Crippen LogP contribution in [0.2, 0.25) is 0 Å². The summed E-state index contributed by atoms with van der Waals surface area (Å²) in [5.74, 6) is 0. The van der Waals surface area contributed by atoms with E-state index in [1.165, 1.54) is 22.5 Å². The molecule has 0 saturated carbocycles. The number of fused-ring (bicyclic) bond motifs is 1. The Hall–Kier alpha value is -1.28. The second-order valence-electron chi connectivity index (χ2n) is 3.54. The standard InChI is InChI=1S/C12H16N2.C2H6/c1-3-5-11-9(4-2)10-6-7-13-8-12(10)14-11;1-2/h3-5,13-14H,2,6-8H2,1H3;1-2H3/b5-3-;. The Labute approximate surface area is 98.5 Å². The molecule has 1 aliphatic heterocycles. The maximum absolute atomic E-state index is 3.88. The smallest absolute Gasteiger partial charge is 0.0455 e. The lowest BCUT2D eigenvalue weighted by Crippen LogP contribution is -2.23. The topological polar surface area (TPSA) is 27.8 Å².